The summed E-state index contributed by atoms with van der Waals surface area (Å²) in [6.07, 6.45) is 4.99. The van der Waals surface area contributed by atoms with E-state index < -0.39 is 22.5 Å². The number of ketones is 1. The third-order valence-corrected chi connectivity index (χ3v) is 9.15. The van der Waals surface area contributed by atoms with Gasteiger partial charge in [-0.2, -0.15) is 0 Å². The highest BCUT2D eigenvalue weighted by Crippen LogP contribution is 2.71. The lowest BCUT2D eigenvalue weighted by molar-refractivity contribution is -0.246. The van der Waals surface area contributed by atoms with Crippen molar-refractivity contribution in [2.45, 2.75) is 70.5 Å². The van der Waals surface area contributed by atoms with Crippen molar-refractivity contribution in [1.29, 1.82) is 0 Å². The van der Waals surface area contributed by atoms with E-state index in [1.165, 1.54) is 0 Å². The fourth-order valence-corrected chi connectivity index (χ4v) is 7.65. The van der Waals surface area contributed by atoms with E-state index in [9.17, 15) is 14.7 Å². The van der Waals surface area contributed by atoms with Crippen LogP contribution >= 0.6 is 0 Å². The molecule has 2 aliphatic heterocycles. The maximum Gasteiger partial charge on any atom is 0.313 e. The summed E-state index contributed by atoms with van der Waals surface area (Å²) in [5, 5.41) is 11.2. The van der Waals surface area contributed by atoms with Crippen LogP contribution in [0.5, 0.6) is 0 Å². The first-order valence-electron chi connectivity index (χ1n) is 9.92. The topological polar surface area (TPSA) is 63.6 Å². The zero-order chi connectivity index (χ0) is 17.8. The Balaban J connectivity index is 1.72. The molecule has 0 aromatic heterocycles. The fraction of sp³-hybridized carbons (Fsp3) is 0.810. The first-order chi connectivity index (χ1) is 11.8. The van der Waals surface area contributed by atoms with Crippen LogP contribution < -0.4 is 0 Å². The predicted molar refractivity (Wildman–Crippen MR) is 91.5 cm³/mol. The molecule has 7 aliphatic rings. The van der Waals surface area contributed by atoms with Crippen LogP contribution in [0.25, 0.3) is 0 Å². The third kappa shape index (κ3) is 1.56. The van der Waals surface area contributed by atoms with Crippen molar-refractivity contribution in [3.63, 3.8) is 0 Å². The number of ether oxygens (including phenoxy) is 1. The van der Waals surface area contributed by atoms with Gasteiger partial charge in [-0.05, 0) is 81.1 Å². The molecule has 5 saturated carbocycles. The summed E-state index contributed by atoms with van der Waals surface area (Å²) in [7, 11) is 0. The molecule has 136 valence electrons. The Bertz CT molecular complexity index is 698. The van der Waals surface area contributed by atoms with Crippen molar-refractivity contribution < 1.29 is 19.4 Å². The zero-order valence-corrected chi connectivity index (χ0v) is 15.2. The largest absolute Gasteiger partial charge is 0.459 e. The summed E-state index contributed by atoms with van der Waals surface area (Å²) in [5.74, 6) is 0.393. The minimum Gasteiger partial charge on any atom is -0.459 e. The smallest absolute Gasteiger partial charge is 0.313 e. The Morgan fingerprint density at radius 3 is 2.68 bits per heavy atom. The van der Waals surface area contributed by atoms with Gasteiger partial charge >= 0.3 is 5.97 Å². The van der Waals surface area contributed by atoms with Crippen LogP contribution in [0.3, 0.4) is 0 Å². The number of carbonyl (C=O) groups is 2. The molecule has 2 saturated heterocycles. The molecule has 0 aromatic rings. The van der Waals surface area contributed by atoms with Gasteiger partial charge in [0, 0.05) is 0 Å². The van der Waals surface area contributed by atoms with Crippen LogP contribution in [-0.2, 0) is 14.3 Å². The molecule has 1 N–H and O–H groups in total. The molecule has 2 spiro atoms. The molecule has 4 nitrogen and oxygen atoms in total. The first kappa shape index (κ1) is 16.0. The molecular formula is C21H28O4. The van der Waals surface area contributed by atoms with Crippen molar-refractivity contribution in [1.82, 2.24) is 0 Å². The number of esters is 1. The number of fused-ring (bicyclic) bond motifs is 5. The van der Waals surface area contributed by atoms with Gasteiger partial charge in [0.15, 0.2) is 5.78 Å². The molecule has 8 atom stereocenters. The molecule has 5 aliphatic carbocycles. The van der Waals surface area contributed by atoms with Crippen LogP contribution in [0, 0.1) is 34.5 Å². The number of aliphatic hydroxyl groups excluding tert-OH is 1. The molecule has 2 heterocycles. The number of hydrogen-bond acceptors (Lipinski definition) is 4. The number of aliphatic hydroxyl groups is 1. The third-order valence-electron chi connectivity index (χ3n) is 9.15. The normalized spacial score (nSPS) is 56.9. The van der Waals surface area contributed by atoms with Crippen LogP contribution in [-0.4, -0.2) is 28.6 Å². The van der Waals surface area contributed by atoms with Crippen molar-refractivity contribution in [3.05, 3.63) is 12.2 Å². The maximum absolute atomic E-state index is 13.4. The van der Waals surface area contributed by atoms with Crippen LogP contribution in [0.15, 0.2) is 12.2 Å². The van der Waals surface area contributed by atoms with E-state index in [-0.39, 0.29) is 35.4 Å². The van der Waals surface area contributed by atoms with Crippen molar-refractivity contribution in [3.8, 4) is 0 Å². The fourth-order valence-electron chi connectivity index (χ4n) is 7.65. The van der Waals surface area contributed by atoms with Gasteiger partial charge in [-0.3, -0.25) is 9.59 Å². The number of rotatable bonds is 0. The van der Waals surface area contributed by atoms with Gasteiger partial charge < -0.3 is 9.84 Å². The number of Topliss-reactive ketones (excluding diaryl/α,β-unsaturated/α-hetero) is 1. The predicted octanol–water partition coefficient (Wildman–Crippen LogP) is 3.03. The molecule has 0 aromatic carbocycles. The Hall–Kier alpha value is -1.16. The van der Waals surface area contributed by atoms with E-state index in [1.807, 2.05) is 0 Å². The molecule has 7 rings (SSSR count). The lowest BCUT2D eigenvalue weighted by atomic mass is 9.37. The lowest BCUT2D eigenvalue weighted by Gasteiger charge is -2.66. The quantitative estimate of drug-likeness (QED) is 0.542. The molecular weight excluding hydrogens is 316 g/mol. The molecule has 4 heteroatoms. The highest BCUT2D eigenvalue weighted by Gasteiger charge is 2.75. The van der Waals surface area contributed by atoms with Gasteiger partial charge in [0.1, 0.15) is 5.60 Å². The second kappa shape index (κ2) is 4.57. The number of allylic oxidation sites excluding steroid dienone is 1. The Labute approximate surface area is 149 Å². The number of carbonyl (C=O) groups excluding carboxylic acids is 2. The van der Waals surface area contributed by atoms with E-state index in [1.54, 1.807) is 0 Å². The molecule has 0 amide bonds. The summed E-state index contributed by atoms with van der Waals surface area (Å²) in [5.41, 5.74) is -1.11. The summed E-state index contributed by atoms with van der Waals surface area (Å²) >= 11 is 0. The van der Waals surface area contributed by atoms with Crippen LogP contribution in [0.4, 0.5) is 0 Å². The molecule has 8 unspecified atom stereocenters. The van der Waals surface area contributed by atoms with Crippen molar-refractivity contribution in [2.24, 2.45) is 34.5 Å². The van der Waals surface area contributed by atoms with E-state index in [0.717, 1.165) is 32.1 Å². The zero-order valence-electron chi connectivity index (χ0n) is 15.2. The van der Waals surface area contributed by atoms with Gasteiger partial charge in [-0.25, -0.2) is 0 Å². The first-order valence-corrected chi connectivity index (χ1v) is 9.92. The molecule has 4 bridgehead atoms. The molecule has 0 radical (unpaired) electrons. The van der Waals surface area contributed by atoms with E-state index in [2.05, 4.69) is 20.4 Å². The minimum atomic E-state index is -0.793. The number of hydrogen-bond donors (Lipinski definition) is 1. The average Bonchev–Trinajstić information content (AvgIpc) is 2.78. The standard InChI is InChI=1S/C21H28O4/c1-11-13-5-8-21(17(11)23)15(9-13)20-7-4-6-19(3,25-18(20)24)12(2)14(20)10-16(21)22/h12-16,22H,1,4-10H2,2-3H3. The van der Waals surface area contributed by atoms with Crippen molar-refractivity contribution >= 4 is 11.8 Å². The average molecular weight is 344 g/mol. The maximum atomic E-state index is 13.4. The van der Waals surface area contributed by atoms with Crippen molar-refractivity contribution in [2.75, 3.05) is 0 Å². The second-order valence-electron chi connectivity index (χ2n) is 9.66. The van der Waals surface area contributed by atoms with E-state index >= 15 is 0 Å². The Morgan fingerprint density at radius 2 is 1.92 bits per heavy atom. The van der Waals surface area contributed by atoms with Gasteiger partial charge in [-0.15, -0.1) is 0 Å². The van der Waals surface area contributed by atoms with E-state index in [4.69, 9.17) is 4.74 Å². The highest BCUT2D eigenvalue weighted by molar-refractivity contribution is 6.03. The second-order valence-corrected chi connectivity index (χ2v) is 9.66. The summed E-state index contributed by atoms with van der Waals surface area (Å²) in [4.78, 5) is 26.6. The molecule has 7 fully saturated rings. The van der Waals surface area contributed by atoms with E-state index in [0.29, 0.717) is 18.4 Å². The molecule has 25 heavy (non-hydrogen) atoms. The summed E-state index contributed by atoms with van der Waals surface area (Å²) < 4.78 is 6.07. The highest BCUT2D eigenvalue weighted by atomic mass is 16.6. The Morgan fingerprint density at radius 1 is 1.16 bits per heavy atom. The monoisotopic (exact) mass is 344 g/mol. The lowest BCUT2D eigenvalue weighted by Crippen LogP contribution is -2.71. The van der Waals surface area contributed by atoms with Gasteiger partial charge in [0.25, 0.3) is 0 Å². The summed E-state index contributed by atoms with van der Waals surface area (Å²) in [6.45, 7) is 8.29. The Kier molecular flexibility index (Phi) is 2.93. The summed E-state index contributed by atoms with van der Waals surface area (Å²) in [6, 6.07) is 0. The van der Waals surface area contributed by atoms with Crippen LogP contribution in [0.2, 0.25) is 0 Å². The van der Waals surface area contributed by atoms with Crippen LogP contribution in [0.1, 0.15) is 58.8 Å². The SMILES string of the molecule is C=C1C(=O)C23CCC1CC2C12CCCC(C)(OC1=O)C(C)C2CC3O. The van der Waals surface area contributed by atoms with Gasteiger partial charge in [0.2, 0.25) is 0 Å². The van der Waals surface area contributed by atoms with Gasteiger partial charge in [0.05, 0.1) is 16.9 Å². The minimum absolute atomic E-state index is 0.0401. The van der Waals surface area contributed by atoms with Gasteiger partial charge in [-0.1, -0.05) is 13.5 Å².